The van der Waals surface area contributed by atoms with Crippen LogP contribution in [0.1, 0.15) is 48.1 Å². The number of amidine groups is 1. The van der Waals surface area contributed by atoms with Crippen molar-refractivity contribution in [1.82, 2.24) is 14.7 Å². The molecule has 0 aliphatic carbocycles. The zero-order valence-corrected chi connectivity index (χ0v) is 18.5. The van der Waals surface area contributed by atoms with E-state index in [2.05, 4.69) is 40.9 Å². The van der Waals surface area contributed by atoms with Crippen molar-refractivity contribution in [3.63, 3.8) is 0 Å². The van der Waals surface area contributed by atoms with Crippen LogP contribution in [-0.2, 0) is 19.6 Å². The lowest BCUT2D eigenvalue weighted by atomic mass is 9.98. The molecule has 0 unspecified atom stereocenters. The Morgan fingerprint density at radius 3 is 2.52 bits per heavy atom. The van der Waals surface area contributed by atoms with Gasteiger partial charge in [-0.2, -0.15) is 0 Å². The molecule has 3 rings (SSSR count). The van der Waals surface area contributed by atoms with Gasteiger partial charge >= 0.3 is 0 Å². The minimum Gasteiger partial charge on any atom is -0.390 e. The zero-order valence-electron chi connectivity index (χ0n) is 18.5. The number of unbranched alkanes of at least 4 members (excludes halogenated alkanes) is 1. The van der Waals surface area contributed by atoms with E-state index in [1.807, 2.05) is 31.2 Å². The van der Waals surface area contributed by atoms with Gasteiger partial charge in [-0.3, -0.25) is 0 Å². The molecule has 0 saturated carbocycles. The number of aliphatic hydroxyl groups excluding tert-OH is 1. The summed E-state index contributed by atoms with van der Waals surface area (Å²) in [5.74, 6) is 7.02. The van der Waals surface area contributed by atoms with E-state index in [1.54, 1.807) is 7.05 Å². The van der Waals surface area contributed by atoms with E-state index < -0.39 is 0 Å². The van der Waals surface area contributed by atoms with Gasteiger partial charge in [0.15, 0.2) is 5.84 Å². The third kappa shape index (κ3) is 5.31. The number of rotatable bonds is 9. The average Bonchev–Trinajstić information content (AvgIpc) is 3.06. The molecule has 7 nitrogen and oxygen atoms in total. The molecule has 5 N–H and O–H groups in total. The van der Waals surface area contributed by atoms with Crippen molar-refractivity contribution in [1.29, 1.82) is 0 Å². The molecule has 2 aromatic carbocycles. The summed E-state index contributed by atoms with van der Waals surface area (Å²) in [6.07, 6.45) is 3.11. The topological polar surface area (TPSA) is 106 Å². The van der Waals surface area contributed by atoms with Crippen molar-refractivity contribution >= 4 is 5.84 Å². The molecule has 0 aliphatic heterocycles. The van der Waals surface area contributed by atoms with Gasteiger partial charge in [0, 0.05) is 25.6 Å². The summed E-state index contributed by atoms with van der Waals surface area (Å²) in [4.78, 5) is 4.70. The highest BCUT2D eigenvalue weighted by atomic mass is 16.3. The third-order valence-corrected chi connectivity index (χ3v) is 5.33. The average molecular weight is 421 g/mol. The van der Waals surface area contributed by atoms with Crippen molar-refractivity contribution < 1.29 is 5.11 Å². The van der Waals surface area contributed by atoms with Crippen LogP contribution in [0.15, 0.2) is 53.6 Å². The monoisotopic (exact) mass is 420 g/mol. The standard InChI is InChI=1S/C24H32N6O/c1-4-5-10-23-27-17(2)22(16-31)30(23)15-18-11-13-19(14-12-18)20-8-6-7-9-21(20)24(25)28-29(3)26/h6-9,11-14,31H,4-5,10,15-16,26H2,1-3H3,(H2,25,28). The Morgan fingerprint density at radius 1 is 1.16 bits per heavy atom. The quantitative estimate of drug-likeness (QED) is 0.213. The lowest BCUT2D eigenvalue weighted by molar-refractivity contribution is 0.270. The Kier molecular flexibility index (Phi) is 7.44. The molecule has 0 atom stereocenters. The maximum absolute atomic E-state index is 9.86. The minimum atomic E-state index is -0.00931. The molecule has 3 aromatic rings. The molecular weight excluding hydrogens is 388 g/mol. The van der Waals surface area contributed by atoms with Crippen LogP contribution >= 0.6 is 0 Å². The fourth-order valence-corrected chi connectivity index (χ4v) is 3.74. The first kappa shape index (κ1) is 22.5. The number of benzene rings is 2. The summed E-state index contributed by atoms with van der Waals surface area (Å²) in [7, 11) is 1.64. The number of aryl methyl sites for hydroxylation is 2. The summed E-state index contributed by atoms with van der Waals surface area (Å²) in [6.45, 7) is 4.80. The smallest absolute Gasteiger partial charge is 0.152 e. The molecule has 7 heteroatoms. The molecule has 0 spiro atoms. The second-order valence-corrected chi connectivity index (χ2v) is 7.71. The second-order valence-electron chi connectivity index (χ2n) is 7.71. The van der Waals surface area contributed by atoms with E-state index in [1.165, 1.54) is 5.12 Å². The van der Waals surface area contributed by atoms with Crippen molar-refractivity contribution in [2.75, 3.05) is 7.05 Å². The number of nitrogens with zero attached hydrogens (tertiary/aromatic N) is 4. The van der Waals surface area contributed by atoms with Gasteiger partial charge in [0.1, 0.15) is 5.82 Å². The largest absolute Gasteiger partial charge is 0.390 e. The van der Waals surface area contributed by atoms with Crippen molar-refractivity contribution in [3.8, 4) is 11.1 Å². The molecule has 0 fully saturated rings. The lowest BCUT2D eigenvalue weighted by Crippen LogP contribution is -2.25. The first-order chi connectivity index (χ1) is 14.9. The van der Waals surface area contributed by atoms with E-state index in [-0.39, 0.29) is 6.61 Å². The molecule has 0 aliphatic rings. The number of hydrazine groups is 1. The van der Waals surface area contributed by atoms with Crippen molar-refractivity contribution in [2.45, 2.75) is 46.3 Å². The van der Waals surface area contributed by atoms with Crippen LogP contribution < -0.4 is 11.6 Å². The summed E-state index contributed by atoms with van der Waals surface area (Å²) >= 11 is 0. The summed E-state index contributed by atoms with van der Waals surface area (Å²) in [5, 5.41) is 15.2. The maximum atomic E-state index is 9.86. The summed E-state index contributed by atoms with van der Waals surface area (Å²) in [6, 6.07) is 16.3. The van der Waals surface area contributed by atoms with Gasteiger partial charge in [-0.25, -0.2) is 15.9 Å². The Labute approximate surface area is 184 Å². The maximum Gasteiger partial charge on any atom is 0.152 e. The highest BCUT2D eigenvalue weighted by molar-refractivity contribution is 6.03. The Morgan fingerprint density at radius 2 is 1.87 bits per heavy atom. The molecule has 0 radical (unpaired) electrons. The fraction of sp³-hybridized carbons (Fsp3) is 0.333. The van der Waals surface area contributed by atoms with Crippen LogP contribution in [0.3, 0.4) is 0 Å². The van der Waals surface area contributed by atoms with E-state index in [0.717, 1.165) is 58.7 Å². The molecule has 0 saturated heterocycles. The molecule has 0 amide bonds. The number of aromatic nitrogens is 2. The molecule has 1 aromatic heterocycles. The molecule has 164 valence electrons. The highest BCUT2D eigenvalue weighted by Crippen LogP contribution is 2.25. The number of nitrogens with two attached hydrogens (primary N) is 2. The van der Waals surface area contributed by atoms with Gasteiger partial charge in [0.25, 0.3) is 0 Å². The van der Waals surface area contributed by atoms with Crippen molar-refractivity contribution in [3.05, 3.63) is 76.9 Å². The fourth-order valence-electron chi connectivity index (χ4n) is 3.74. The molecular formula is C24H32N6O. The van der Waals surface area contributed by atoms with Crippen LogP contribution in [-0.4, -0.2) is 32.7 Å². The van der Waals surface area contributed by atoms with Crippen LogP contribution in [0.2, 0.25) is 0 Å². The van der Waals surface area contributed by atoms with Crippen LogP contribution in [0, 0.1) is 6.92 Å². The molecule has 31 heavy (non-hydrogen) atoms. The van der Waals surface area contributed by atoms with Crippen LogP contribution in [0.25, 0.3) is 11.1 Å². The Hall–Kier alpha value is -3.16. The van der Waals surface area contributed by atoms with Crippen molar-refractivity contribution in [2.24, 2.45) is 16.7 Å². The predicted molar refractivity (Wildman–Crippen MR) is 125 cm³/mol. The summed E-state index contributed by atoms with van der Waals surface area (Å²) < 4.78 is 2.15. The third-order valence-electron chi connectivity index (χ3n) is 5.33. The SMILES string of the molecule is CCCCc1nc(C)c(CO)n1Cc1ccc(-c2ccccc2/C(N)=N/N(C)N)cc1. The molecule has 1 heterocycles. The zero-order chi connectivity index (χ0) is 22.4. The second kappa shape index (κ2) is 10.2. The van der Waals surface area contributed by atoms with Gasteiger partial charge in [-0.15, -0.1) is 5.10 Å². The van der Waals surface area contributed by atoms with Gasteiger partial charge in [0.2, 0.25) is 0 Å². The summed E-state index contributed by atoms with van der Waals surface area (Å²) in [5.41, 5.74) is 12.0. The Bertz CT molecular complexity index is 1040. The highest BCUT2D eigenvalue weighted by Gasteiger charge is 2.14. The number of aliphatic hydroxyl groups is 1. The molecule has 0 bridgehead atoms. The van der Waals surface area contributed by atoms with Gasteiger partial charge in [0.05, 0.1) is 18.0 Å². The lowest BCUT2D eigenvalue weighted by Gasteiger charge is -2.14. The van der Waals surface area contributed by atoms with Crippen LogP contribution in [0.4, 0.5) is 0 Å². The Balaban J connectivity index is 1.89. The minimum absolute atomic E-state index is 0.00931. The van der Waals surface area contributed by atoms with Crippen LogP contribution in [0.5, 0.6) is 0 Å². The van der Waals surface area contributed by atoms with E-state index in [4.69, 9.17) is 16.6 Å². The van der Waals surface area contributed by atoms with E-state index in [9.17, 15) is 5.11 Å². The normalized spacial score (nSPS) is 11.7. The van der Waals surface area contributed by atoms with Gasteiger partial charge in [-0.05, 0) is 30.0 Å². The van der Waals surface area contributed by atoms with E-state index in [0.29, 0.717) is 12.4 Å². The van der Waals surface area contributed by atoms with E-state index >= 15 is 0 Å². The number of hydrazone groups is 1. The number of hydrogen-bond donors (Lipinski definition) is 3. The number of hydrogen-bond acceptors (Lipinski definition) is 5. The van der Waals surface area contributed by atoms with Gasteiger partial charge < -0.3 is 15.4 Å². The first-order valence-corrected chi connectivity index (χ1v) is 10.6. The first-order valence-electron chi connectivity index (χ1n) is 10.6. The predicted octanol–water partition coefficient (Wildman–Crippen LogP) is 3.17. The van der Waals surface area contributed by atoms with Gasteiger partial charge in [-0.1, -0.05) is 61.9 Å². The number of imidazole rings is 1.